The van der Waals surface area contributed by atoms with Crippen molar-refractivity contribution in [2.24, 2.45) is 5.92 Å². The molecule has 0 aliphatic carbocycles. The third-order valence-corrected chi connectivity index (χ3v) is 3.58. The molecule has 24 heavy (non-hydrogen) atoms. The van der Waals surface area contributed by atoms with Gasteiger partial charge in [0.25, 0.3) is 0 Å². The first-order valence-corrected chi connectivity index (χ1v) is 8.03. The van der Waals surface area contributed by atoms with Crippen LogP contribution in [0.3, 0.4) is 0 Å². The molecule has 1 aromatic rings. The maximum atomic E-state index is 13.3. The van der Waals surface area contributed by atoms with Crippen LogP contribution in [-0.2, 0) is 4.79 Å². The van der Waals surface area contributed by atoms with Gasteiger partial charge in [0.05, 0.1) is 24.3 Å². The highest BCUT2D eigenvalue weighted by Gasteiger charge is 2.43. The molecule has 0 bridgehead atoms. The molecule has 0 unspecified atom stereocenters. The number of carbonyl (C=O) groups is 1. The third-order valence-electron chi connectivity index (χ3n) is 3.11. The Kier molecular flexibility index (Phi) is 7.63. The molecule has 0 aromatic carbocycles. The Morgan fingerprint density at radius 3 is 2.54 bits per heavy atom. The minimum absolute atomic E-state index is 0.0714. The van der Waals surface area contributed by atoms with Crippen LogP contribution in [0.2, 0.25) is 0 Å². The highest BCUT2D eigenvalue weighted by atomic mass is 79.9. The van der Waals surface area contributed by atoms with E-state index in [0.717, 1.165) is 0 Å². The summed E-state index contributed by atoms with van der Waals surface area (Å²) in [6, 6.07) is 1.34. The lowest BCUT2D eigenvalue weighted by Gasteiger charge is -2.25. The van der Waals surface area contributed by atoms with Gasteiger partial charge in [-0.15, -0.1) is 0 Å². The fraction of sp³-hybridized carbons (Fsp3) is 0.533. The number of nitriles is 1. The fourth-order valence-corrected chi connectivity index (χ4v) is 2.28. The van der Waals surface area contributed by atoms with Crippen LogP contribution in [0.5, 0.6) is 0 Å². The van der Waals surface area contributed by atoms with Crippen molar-refractivity contribution in [2.75, 3.05) is 6.54 Å². The third kappa shape index (κ3) is 6.45. The van der Waals surface area contributed by atoms with Crippen molar-refractivity contribution in [3.63, 3.8) is 0 Å². The number of nitrogens with zero attached hydrogens (tertiary/aromatic N) is 2. The van der Waals surface area contributed by atoms with Gasteiger partial charge in [-0.1, -0.05) is 13.8 Å². The highest BCUT2D eigenvalue weighted by molar-refractivity contribution is 9.10. The zero-order valence-corrected chi connectivity index (χ0v) is 14.8. The molecule has 0 aliphatic rings. The van der Waals surface area contributed by atoms with Crippen molar-refractivity contribution < 1.29 is 18.0 Å². The number of hydrogen-bond donors (Lipinski definition) is 2. The summed E-state index contributed by atoms with van der Waals surface area (Å²) >= 11 is 3.10. The highest BCUT2D eigenvalue weighted by Crippen LogP contribution is 2.32. The lowest BCUT2D eigenvalue weighted by Crippen LogP contribution is -2.49. The number of aromatic nitrogens is 1. The number of rotatable bonds is 7. The van der Waals surface area contributed by atoms with Crippen molar-refractivity contribution in [3.8, 4) is 6.07 Å². The maximum Gasteiger partial charge on any atom is 0.414 e. The first-order chi connectivity index (χ1) is 11.1. The van der Waals surface area contributed by atoms with E-state index in [1.54, 1.807) is 0 Å². The van der Waals surface area contributed by atoms with Gasteiger partial charge in [0.2, 0.25) is 5.91 Å². The first-order valence-electron chi connectivity index (χ1n) is 7.24. The largest absolute Gasteiger partial charge is 0.414 e. The van der Waals surface area contributed by atoms with Gasteiger partial charge in [-0.25, -0.2) is 0 Å². The topological polar surface area (TPSA) is 77.8 Å². The predicted molar refractivity (Wildman–Crippen MR) is 85.7 cm³/mol. The number of pyridine rings is 1. The molecular formula is C15H18BrF3N4O. The number of halogens is 4. The number of nitrogens with one attached hydrogen (secondary N) is 2. The van der Waals surface area contributed by atoms with Gasteiger partial charge in [0.1, 0.15) is 0 Å². The summed E-state index contributed by atoms with van der Waals surface area (Å²) in [5, 5.41) is 13.3. The summed E-state index contributed by atoms with van der Waals surface area (Å²) in [5.74, 6) is -0.743. The van der Waals surface area contributed by atoms with Crippen molar-refractivity contribution in [2.45, 2.75) is 38.5 Å². The van der Waals surface area contributed by atoms with Crippen molar-refractivity contribution in [3.05, 3.63) is 28.5 Å². The molecule has 2 atom stereocenters. The van der Waals surface area contributed by atoms with Crippen LogP contribution in [0, 0.1) is 17.2 Å². The molecule has 0 spiro atoms. The van der Waals surface area contributed by atoms with E-state index in [1.165, 1.54) is 18.3 Å². The minimum Gasteiger partial charge on any atom is -0.338 e. The molecule has 0 radical (unpaired) electrons. The Bertz CT molecular complexity index is 584. The van der Waals surface area contributed by atoms with E-state index in [9.17, 15) is 18.0 Å². The smallest absolute Gasteiger partial charge is 0.338 e. The Morgan fingerprint density at radius 1 is 1.42 bits per heavy atom. The average Bonchev–Trinajstić information content (AvgIpc) is 2.48. The van der Waals surface area contributed by atoms with Crippen LogP contribution in [-0.4, -0.2) is 29.7 Å². The van der Waals surface area contributed by atoms with Gasteiger partial charge in [-0.2, -0.15) is 18.4 Å². The second kappa shape index (κ2) is 8.99. The van der Waals surface area contributed by atoms with E-state index in [0.29, 0.717) is 10.9 Å². The van der Waals surface area contributed by atoms with Gasteiger partial charge in [0, 0.05) is 10.7 Å². The van der Waals surface area contributed by atoms with Crippen LogP contribution < -0.4 is 10.6 Å². The Labute approximate surface area is 146 Å². The van der Waals surface area contributed by atoms with Crippen molar-refractivity contribution in [1.82, 2.24) is 15.6 Å². The molecule has 0 saturated heterocycles. The van der Waals surface area contributed by atoms with Gasteiger partial charge in [-0.3, -0.25) is 15.1 Å². The molecule has 1 rings (SSSR count). The second-order valence-electron chi connectivity index (χ2n) is 5.61. The summed E-state index contributed by atoms with van der Waals surface area (Å²) in [6.45, 7) is 3.55. The summed E-state index contributed by atoms with van der Waals surface area (Å²) in [5.41, 5.74) is -0.303. The summed E-state index contributed by atoms with van der Waals surface area (Å²) < 4.78 is 40.5. The molecule has 9 heteroatoms. The SMILES string of the molecule is CC(C)C[C@H](NCC#N)C(=O)N[C@@H](c1ccc(Br)cn1)C(F)(F)F. The predicted octanol–water partition coefficient (Wildman–Crippen LogP) is 3.09. The monoisotopic (exact) mass is 406 g/mol. The van der Waals surface area contributed by atoms with Crippen LogP contribution >= 0.6 is 15.9 Å². The summed E-state index contributed by atoms with van der Waals surface area (Å²) in [7, 11) is 0. The Hall–Kier alpha value is -1.66. The van der Waals surface area contributed by atoms with Gasteiger partial charge in [-0.05, 0) is 40.4 Å². The number of carbonyl (C=O) groups excluding carboxylic acids is 1. The molecule has 1 amide bonds. The Balaban J connectivity index is 2.97. The molecular weight excluding hydrogens is 389 g/mol. The number of alkyl halides is 3. The van der Waals surface area contributed by atoms with Crippen LogP contribution in [0.1, 0.15) is 32.0 Å². The van der Waals surface area contributed by atoms with Gasteiger partial charge < -0.3 is 5.32 Å². The van der Waals surface area contributed by atoms with Crippen molar-refractivity contribution in [1.29, 1.82) is 5.26 Å². The second-order valence-corrected chi connectivity index (χ2v) is 6.52. The van der Waals surface area contributed by atoms with Crippen molar-refractivity contribution >= 4 is 21.8 Å². The van der Waals surface area contributed by atoms with Crippen LogP contribution in [0.15, 0.2) is 22.8 Å². The molecule has 1 heterocycles. The van der Waals surface area contributed by atoms with Gasteiger partial charge >= 0.3 is 6.18 Å². The minimum atomic E-state index is -4.69. The zero-order valence-electron chi connectivity index (χ0n) is 13.2. The summed E-state index contributed by atoms with van der Waals surface area (Å²) in [6.07, 6.45) is -3.14. The van der Waals surface area contributed by atoms with Crippen LogP contribution in [0.4, 0.5) is 13.2 Å². The van der Waals surface area contributed by atoms with E-state index in [2.05, 4.69) is 26.2 Å². The van der Waals surface area contributed by atoms with Gasteiger partial charge in [0.15, 0.2) is 6.04 Å². The van der Waals surface area contributed by atoms with Crippen LogP contribution in [0.25, 0.3) is 0 Å². The van der Waals surface area contributed by atoms with E-state index < -0.39 is 24.2 Å². The molecule has 5 nitrogen and oxygen atoms in total. The van der Waals surface area contributed by atoms with E-state index >= 15 is 0 Å². The maximum absolute atomic E-state index is 13.3. The number of amides is 1. The van der Waals surface area contributed by atoms with E-state index in [-0.39, 0.29) is 18.2 Å². The lowest BCUT2D eigenvalue weighted by molar-refractivity contribution is -0.164. The fourth-order valence-electron chi connectivity index (χ4n) is 2.05. The molecule has 0 saturated carbocycles. The molecule has 0 aliphatic heterocycles. The first kappa shape index (κ1) is 20.4. The standard InChI is InChI=1S/C15H18BrF3N4O/c1-9(2)7-12(21-6-5-20)14(24)23-13(15(17,18)19)11-4-3-10(16)8-22-11/h3-4,8-9,12-13,21H,6-7H2,1-2H3,(H,23,24)/t12-,13-/m0/s1. The van der Waals surface area contributed by atoms with E-state index in [4.69, 9.17) is 5.26 Å². The lowest BCUT2D eigenvalue weighted by atomic mass is 10.0. The molecule has 132 valence electrons. The molecule has 0 fully saturated rings. The number of hydrogen-bond acceptors (Lipinski definition) is 4. The zero-order chi connectivity index (χ0) is 18.3. The summed E-state index contributed by atoms with van der Waals surface area (Å²) in [4.78, 5) is 16.0. The average molecular weight is 407 g/mol. The molecule has 1 aromatic heterocycles. The van der Waals surface area contributed by atoms with E-state index in [1.807, 2.05) is 25.2 Å². The normalized spacial score (nSPS) is 14.1. The Morgan fingerprint density at radius 2 is 2.08 bits per heavy atom. The molecule has 2 N–H and O–H groups in total. The quantitative estimate of drug-likeness (QED) is 0.682.